The minimum absolute atomic E-state index is 0.661. The summed E-state index contributed by atoms with van der Waals surface area (Å²) in [7, 11) is 4.13. The van der Waals surface area contributed by atoms with E-state index >= 15 is 0 Å². The molecule has 0 saturated carbocycles. The lowest BCUT2D eigenvalue weighted by atomic mass is 10.3. The molecule has 0 amide bonds. The lowest BCUT2D eigenvalue weighted by molar-refractivity contribution is 0.276. The summed E-state index contributed by atoms with van der Waals surface area (Å²) in [6.07, 6.45) is 2.03. The molecule has 0 aliphatic heterocycles. The summed E-state index contributed by atoms with van der Waals surface area (Å²) in [6.45, 7) is 6.76. The zero-order chi connectivity index (χ0) is 15.2. The van der Waals surface area contributed by atoms with Gasteiger partial charge >= 0.3 is 0 Å². The van der Waals surface area contributed by atoms with E-state index in [1.807, 2.05) is 0 Å². The molecule has 0 atom stereocenters. The summed E-state index contributed by atoms with van der Waals surface area (Å²) in [5.41, 5.74) is 0. The van der Waals surface area contributed by atoms with Crippen LogP contribution in [0.5, 0.6) is 5.88 Å². The Labute approximate surface area is 130 Å². The van der Waals surface area contributed by atoms with E-state index in [0.29, 0.717) is 18.4 Å². The third-order valence-electron chi connectivity index (χ3n) is 3.00. The minimum atomic E-state index is 0.661. The van der Waals surface area contributed by atoms with Gasteiger partial charge in [0.15, 0.2) is 0 Å². The Kier molecular flexibility index (Phi) is 5.76. The molecule has 2 aromatic heterocycles. The fourth-order valence-corrected chi connectivity index (χ4v) is 2.86. The van der Waals surface area contributed by atoms with Gasteiger partial charge in [-0.25, -0.2) is 4.98 Å². The predicted octanol–water partition coefficient (Wildman–Crippen LogP) is 3.15. The Hall–Kier alpha value is -1.40. The van der Waals surface area contributed by atoms with Gasteiger partial charge in [0.2, 0.25) is 11.8 Å². The highest BCUT2D eigenvalue weighted by atomic mass is 32.1. The van der Waals surface area contributed by atoms with E-state index in [-0.39, 0.29) is 0 Å². The van der Waals surface area contributed by atoms with E-state index in [2.05, 4.69) is 54.2 Å². The van der Waals surface area contributed by atoms with Crippen molar-refractivity contribution in [3.63, 3.8) is 0 Å². The first-order valence-electron chi connectivity index (χ1n) is 7.39. The van der Waals surface area contributed by atoms with Crippen molar-refractivity contribution in [2.24, 2.45) is 0 Å². The van der Waals surface area contributed by atoms with E-state index in [9.17, 15) is 0 Å². The molecule has 0 aromatic carbocycles. The SMILES string of the molecule is CCCNc1nc(OCCCN(C)C)c2cc(C)sc2n1. The second-order valence-corrected chi connectivity index (χ2v) is 6.60. The highest BCUT2D eigenvalue weighted by molar-refractivity contribution is 7.18. The maximum absolute atomic E-state index is 5.89. The van der Waals surface area contributed by atoms with E-state index < -0.39 is 0 Å². The number of nitrogens with one attached hydrogen (secondary N) is 1. The van der Waals surface area contributed by atoms with Crippen LogP contribution in [0.4, 0.5) is 5.95 Å². The van der Waals surface area contributed by atoms with Gasteiger partial charge in [0.25, 0.3) is 0 Å². The first-order valence-corrected chi connectivity index (χ1v) is 8.21. The summed E-state index contributed by atoms with van der Waals surface area (Å²) in [5.74, 6) is 1.36. The minimum Gasteiger partial charge on any atom is -0.477 e. The molecule has 2 aromatic rings. The van der Waals surface area contributed by atoms with Gasteiger partial charge < -0.3 is 15.0 Å². The van der Waals surface area contributed by atoms with Crippen molar-refractivity contribution in [1.29, 1.82) is 0 Å². The summed E-state index contributed by atoms with van der Waals surface area (Å²) in [6, 6.07) is 2.10. The molecule has 0 spiro atoms. The average Bonchev–Trinajstić information content (AvgIpc) is 2.81. The number of ether oxygens (including phenoxy) is 1. The van der Waals surface area contributed by atoms with Crippen LogP contribution in [0.3, 0.4) is 0 Å². The summed E-state index contributed by atoms with van der Waals surface area (Å²) in [5, 5.41) is 4.26. The first-order chi connectivity index (χ1) is 10.1. The molecule has 0 saturated heterocycles. The smallest absolute Gasteiger partial charge is 0.227 e. The van der Waals surface area contributed by atoms with Crippen LogP contribution in [0.25, 0.3) is 10.2 Å². The largest absolute Gasteiger partial charge is 0.477 e. The predicted molar refractivity (Wildman–Crippen MR) is 89.6 cm³/mol. The lowest BCUT2D eigenvalue weighted by Crippen LogP contribution is -2.16. The van der Waals surface area contributed by atoms with Crippen molar-refractivity contribution in [2.75, 3.05) is 39.1 Å². The molecule has 0 bridgehead atoms. The fraction of sp³-hybridized carbons (Fsp3) is 0.600. The number of aryl methyl sites for hydroxylation is 1. The Bertz CT molecular complexity index is 582. The maximum atomic E-state index is 5.89. The molecule has 5 nitrogen and oxygen atoms in total. The first kappa shape index (κ1) is 16.0. The third kappa shape index (κ3) is 4.54. The molecular weight excluding hydrogens is 284 g/mol. The standard InChI is InChI=1S/C15H24N4OS/c1-5-7-16-15-17-13(20-9-6-8-19(3)4)12-10-11(2)21-14(12)18-15/h10H,5-9H2,1-4H3,(H,16,17,18). The van der Waals surface area contributed by atoms with Crippen LogP contribution in [0.15, 0.2) is 6.07 Å². The van der Waals surface area contributed by atoms with Crippen molar-refractivity contribution >= 4 is 27.5 Å². The van der Waals surface area contributed by atoms with Gasteiger partial charge in [-0.1, -0.05) is 6.92 Å². The quantitative estimate of drug-likeness (QED) is 0.759. The van der Waals surface area contributed by atoms with E-state index in [0.717, 1.165) is 36.1 Å². The zero-order valence-corrected chi connectivity index (χ0v) is 14.1. The Morgan fingerprint density at radius 3 is 2.86 bits per heavy atom. The van der Waals surface area contributed by atoms with Crippen LogP contribution in [-0.4, -0.2) is 48.7 Å². The molecule has 21 heavy (non-hydrogen) atoms. The van der Waals surface area contributed by atoms with Crippen LogP contribution < -0.4 is 10.1 Å². The summed E-state index contributed by atoms with van der Waals surface area (Å²) < 4.78 is 5.89. The number of fused-ring (bicyclic) bond motifs is 1. The lowest BCUT2D eigenvalue weighted by Gasteiger charge is -2.11. The number of rotatable bonds is 8. The van der Waals surface area contributed by atoms with Crippen LogP contribution in [0, 0.1) is 6.92 Å². The van der Waals surface area contributed by atoms with Gasteiger partial charge in [0, 0.05) is 18.0 Å². The van der Waals surface area contributed by atoms with E-state index in [1.165, 1.54) is 4.88 Å². The number of anilines is 1. The Balaban J connectivity index is 2.14. The van der Waals surface area contributed by atoms with Crippen LogP contribution in [-0.2, 0) is 0 Å². The average molecular weight is 308 g/mol. The molecule has 0 unspecified atom stereocenters. The van der Waals surface area contributed by atoms with Crippen molar-refractivity contribution in [3.8, 4) is 5.88 Å². The molecule has 2 rings (SSSR count). The summed E-state index contributed by atoms with van der Waals surface area (Å²) in [4.78, 5) is 13.4. The highest BCUT2D eigenvalue weighted by Crippen LogP contribution is 2.31. The van der Waals surface area contributed by atoms with Gasteiger partial charge in [-0.2, -0.15) is 4.98 Å². The van der Waals surface area contributed by atoms with Crippen LogP contribution in [0.1, 0.15) is 24.6 Å². The molecule has 0 aliphatic rings. The van der Waals surface area contributed by atoms with Crippen molar-refractivity contribution in [1.82, 2.24) is 14.9 Å². The number of nitrogens with zero attached hydrogens (tertiary/aromatic N) is 3. The normalized spacial score (nSPS) is 11.3. The third-order valence-corrected chi connectivity index (χ3v) is 3.95. The molecule has 6 heteroatoms. The molecule has 0 aliphatic carbocycles. The topological polar surface area (TPSA) is 50.3 Å². The fourth-order valence-electron chi connectivity index (χ4n) is 1.99. The van der Waals surface area contributed by atoms with Crippen LogP contribution >= 0.6 is 11.3 Å². The van der Waals surface area contributed by atoms with Crippen molar-refractivity contribution in [2.45, 2.75) is 26.7 Å². The Morgan fingerprint density at radius 2 is 2.14 bits per heavy atom. The molecule has 116 valence electrons. The van der Waals surface area contributed by atoms with Gasteiger partial charge in [0.1, 0.15) is 4.83 Å². The Morgan fingerprint density at radius 1 is 1.33 bits per heavy atom. The number of aromatic nitrogens is 2. The monoisotopic (exact) mass is 308 g/mol. The zero-order valence-electron chi connectivity index (χ0n) is 13.3. The molecule has 1 N–H and O–H groups in total. The number of hydrogen-bond acceptors (Lipinski definition) is 6. The van der Waals surface area contributed by atoms with Crippen molar-refractivity contribution in [3.05, 3.63) is 10.9 Å². The van der Waals surface area contributed by atoms with E-state index in [4.69, 9.17) is 4.74 Å². The van der Waals surface area contributed by atoms with Crippen LogP contribution in [0.2, 0.25) is 0 Å². The van der Waals surface area contributed by atoms with Gasteiger partial charge in [-0.15, -0.1) is 11.3 Å². The molecule has 0 radical (unpaired) electrons. The molecular formula is C15H24N4OS. The summed E-state index contributed by atoms with van der Waals surface area (Å²) >= 11 is 1.68. The van der Waals surface area contributed by atoms with Gasteiger partial charge in [-0.3, -0.25) is 0 Å². The molecule has 0 fully saturated rings. The van der Waals surface area contributed by atoms with E-state index in [1.54, 1.807) is 11.3 Å². The van der Waals surface area contributed by atoms with Crippen molar-refractivity contribution < 1.29 is 4.74 Å². The number of thiophene rings is 1. The highest BCUT2D eigenvalue weighted by Gasteiger charge is 2.11. The van der Waals surface area contributed by atoms with Gasteiger partial charge in [-0.05, 0) is 39.9 Å². The second kappa shape index (κ2) is 7.56. The maximum Gasteiger partial charge on any atom is 0.227 e. The second-order valence-electron chi connectivity index (χ2n) is 5.36. The molecule has 2 heterocycles. The van der Waals surface area contributed by atoms with Gasteiger partial charge in [0.05, 0.1) is 12.0 Å². The number of hydrogen-bond donors (Lipinski definition) is 1.